The molecule has 0 heterocycles. The zero-order valence-corrected chi connectivity index (χ0v) is 11.1. The van der Waals surface area contributed by atoms with Crippen LogP contribution in [-0.2, 0) is 6.54 Å². The van der Waals surface area contributed by atoms with Gasteiger partial charge < -0.3 is 10.1 Å². The smallest absolute Gasteiger partial charge is 0.148 e. The minimum atomic E-state index is 0.261. The molecule has 0 saturated heterocycles. The van der Waals surface area contributed by atoms with Crippen LogP contribution < -0.4 is 10.1 Å². The molecule has 1 aromatic carbocycles. The number of terminal acetylenes is 1. The van der Waals surface area contributed by atoms with Crippen molar-refractivity contribution in [3.63, 3.8) is 0 Å². The van der Waals surface area contributed by atoms with Crippen molar-refractivity contribution in [2.45, 2.75) is 20.4 Å². The molecule has 17 heavy (non-hydrogen) atoms. The van der Waals surface area contributed by atoms with Gasteiger partial charge in [0.1, 0.15) is 12.4 Å². The molecule has 1 aromatic rings. The predicted molar refractivity (Wildman–Crippen MR) is 72.3 cm³/mol. The van der Waals surface area contributed by atoms with Crippen LogP contribution >= 0.6 is 11.6 Å². The van der Waals surface area contributed by atoms with Gasteiger partial charge in [0, 0.05) is 17.1 Å². The third-order valence-electron chi connectivity index (χ3n) is 2.24. The fraction of sp³-hybridized carbons (Fsp3) is 0.429. The fourth-order valence-electron chi connectivity index (χ4n) is 1.45. The van der Waals surface area contributed by atoms with E-state index in [1.807, 2.05) is 18.2 Å². The first-order valence-corrected chi connectivity index (χ1v) is 6.07. The molecule has 0 unspecified atom stereocenters. The molecule has 0 atom stereocenters. The molecule has 0 aliphatic carbocycles. The molecule has 0 aromatic heterocycles. The first-order chi connectivity index (χ1) is 8.15. The van der Waals surface area contributed by atoms with E-state index in [-0.39, 0.29) is 6.61 Å². The van der Waals surface area contributed by atoms with Crippen LogP contribution in [-0.4, -0.2) is 13.2 Å². The minimum absolute atomic E-state index is 0.261. The van der Waals surface area contributed by atoms with Gasteiger partial charge >= 0.3 is 0 Å². The van der Waals surface area contributed by atoms with Crippen LogP contribution in [0.1, 0.15) is 19.4 Å². The first kappa shape index (κ1) is 13.9. The van der Waals surface area contributed by atoms with Crippen molar-refractivity contribution in [2.75, 3.05) is 13.2 Å². The molecule has 0 amide bonds. The largest absolute Gasteiger partial charge is 0.481 e. The number of rotatable bonds is 6. The van der Waals surface area contributed by atoms with E-state index in [0.29, 0.717) is 17.5 Å². The SMILES string of the molecule is C#CCOc1cccc(Cl)c1CNCC(C)C. The van der Waals surface area contributed by atoms with Gasteiger partial charge in [0.2, 0.25) is 0 Å². The highest BCUT2D eigenvalue weighted by atomic mass is 35.5. The number of hydrogen-bond acceptors (Lipinski definition) is 2. The molecule has 2 nitrogen and oxygen atoms in total. The molecule has 0 aliphatic rings. The lowest BCUT2D eigenvalue weighted by atomic mass is 10.1. The monoisotopic (exact) mass is 251 g/mol. The minimum Gasteiger partial charge on any atom is -0.481 e. The zero-order valence-electron chi connectivity index (χ0n) is 10.3. The van der Waals surface area contributed by atoms with Gasteiger partial charge in [-0.2, -0.15) is 0 Å². The van der Waals surface area contributed by atoms with Crippen molar-refractivity contribution in [3.05, 3.63) is 28.8 Å². The highest BCUT2D eigenvalue weighted by Crippen LogP contribution is 2.26. The first-order valence-electron chi connectivity index (χ1n) is 5.69. The second-order valence-corrected chi connectivity index (χ2v) is 4.64. The van der Waals surface area contributed by atoms with Crippen LogP contribution in [0.15, 0.2) is 18.2 Å². The maximum atomic E-state index is 6.15. The van der Waals surface area contributed by atoms with E-state index in [2.05, 4.69) is 25.1 Å². The Labute approximate surface area is 108 Å². The van der Waals surface area contributed by atoms with Gasteiger partial charge in [-0.15, -0.1) is 6.42 Å². The molecule has 0 fully saturated rings. The summed E-state index contributed by atoms with van der Waals surface area (Å²) in [5.74, 6) is 3.81. The highest BCUT2D eigenvalue weighted by molar-refractivity contribution is 6.31. The molecule has 0 aliphatic heterocycles. The van der Waals surface area contributed by atoms with E-state index >= 15 is 0 Å². The Balaban J connectivity index is 2.70. The Kier molecular flexibility index (Phi) is 5.90. The van der Waals surface area contributed by atoms with Crippen LogP contribution in [0.25, 0.3) is 0 Å². The number of halogens is 1. The number of benzene rings is 1. The summed E-state index contributed by atoms with van der Waals surface area (Å²) in [6.45, 7) is 6.22. The molecular formula is C14H18ClNO. The van der Waals surface area contributed by atoms with E-state index in [1.54, 1.807) is 0 Å². The van der Waals surface area contributed by atoms with E-state index in [1.165, 1.54) is 0 Å². The molecule has 0 bridgehead atoms. The molecule has 0 saturated carbocycles. The van der Waals surface area contributed by atoms with Gasteiger partial charge in [-0.1, -0.05) is 37.4 Å². The van der Waals surface area contributed by atoms with Crippen molar-refractivity contribution < 1.29 is 4.74 Å². The molecule has 3 heteroatoms. The standard InChI is InChI=1S/C14H18ClNO/c1-4-8-17-14-7-5-6-13(15)12(14)10-16-9-11(2)3/h1,5-7,11,16H,8-10H2,2-3H3. The lowest BCUT2D eigenvalue weighted by Crippen LogP contribution is -2.19. The Morgan fingerprint density at radius 2 is 2.24 bits per heavy atom. The summed E-state index contributed by atoms with van der Waals surface area (Å²) in [4.78, 5) is 0. The van der Waals surface area contributed by atoms with Crippen LogP contribution in [0.4, 0.5) is 0 Å². The van der Waals surface area contributed by atoms with Crippen molar-refractivity contribution in [3.8, 4) is 18.1 Å². The van der Waals surface area contributed by atoms with Gasteiger partial charge in [-0.25, -0.2) is 0 Å². The summed E-state index contributed by atoms with van der Waals surface area (Å²) >= 11 is 6.15. The lowest BCUT2D eigenvalue weighted by Gasteiger charge is -2.13. The topological polar surface area (TPSA) is 21.3 Å². The predicted octanol–water partition coefficient (Wildman–Crippen LogP) is 3.10. The average molecular weight is 252 g/mol. The Morgan fingerprint density at radius 3 is 2.88 bits per heavy atom. The van der Waals surface area contributed by atoms with Gasteiger partial charge in [0.25, 0.3) is 0 Å². The van der Waals surface area contributed by atoms with Crippen molar-refractivity contribution >= 4 is 11.6 Å². The van der Waals surface area contributed by atoms with Gasteiger partial charge in [0.05, 0.1) is 0 Å². The molecule has 0 spiro atoms. The summed E-state index contributed by atoms with van der Waals surface area (Å²) in [6.07, 6.45) is 5.18. The van der Waals surface area contributed by atoms with Gasteiger partial charge in [-0.05, 0) is 24.6 Å². The van der Waals surface area contributed by atoms with Crippen LogP contribution in [0.5, 0.6) is 5.75 Å². The van der Waals surface area contributed by atoms with E-state index in [0.717, 1.165) is 17.9 Å². The number of nitrogens with one attached hydrogen (secondary N) is 1. The Bertz CT molecular complexity index is 396. The van der Waals surface area contributed by atoms with Crippen LogP contribution in [0, 0.1) is 18.3 Å². The summed E-state index contributed by atoms with van der Waals surface area (Å²) in [5.41, 5.74) is 0.963. The highest BCUT2D eigenvalue weighted by Gasteiger charge is 2.07. The fourth-order valence-corrected chi connectivity index (χ4v) is 1.68. The van der Waals surface area contributed by atoms with E-state index in [9.17, 15) is 0 Å². The molecule has 92 valence electrons. The van der Waals surface area contributed by atoms with Gasteiger partial charge in [-0.3, -0.25) is 0 Å². The van der Waals surface area contributed by atoms with E-state index in [4.69, 9.17) is 22.8 Å². The summed E-state index contributed by atoms with van der Waals surface area (Å²) in [6, 6.07) is 5.60. The second-order valence-electron chi connectivity index (χ2n) is 4.23. The lowest BCUT2D eigenvalue weighted by molar-refractivity contribution is 0.364. The van der Waals surface area contributed by atoms with Crippen LogP contribution in [0.2, 0.25) is 5.02 Å². The summed E-state index contributed by atoms with van der Waals surface area (Å²) < 4.78 is 5.46. The molecular weight excluding hydrogens is 234 g/mol. The third-order valence-corrected chi connectivity index (χ3v) is 2.60. The maximum absolute atomic E-state index is 6.15. The molecule has 1 N–H and O–H groups in total. The summed E-state index contributed by atoms with van der Waals surface area (Å²) in [7, 11) is 0. The number of hydrogen-bond donors (Lipinski definition) is 1. The summed E-state index contributed by atoms with van der Waals surface area (Å²) in [5, 5.41) is 4.05. The van der Waals surface area contributed by atoms with Crippen molar-refractivity contribution in [1.82, 2.24) is 5.32 Å². The zero-order chi connectivity index (χ0) is 12.7. The molecule has 0 radical (unpaired) electrons. The molecule has 1 rings (SSSR count). The maximum Gasteiger partial charge on any atom is 0.148 e. The van der Waals surface area contributed by atoms with Crippen molar-refractivity contribution in [2.24, 2.45) is 5.92 Å². The normalized spacial score (nSPS) is 10.3. The van der Waals surface area contributed by atoms with Gasteiger partial charge in [0.15, 0.2) is 0 Å². The van der Waals surface area contributed by atoms with E-state index < -0.39 is 0 Å². The Hall–Kier alpha value is -1.17. The number of ether oxygens (including phenoxy) is 1. The third kappa shape index (κ3) is 4.68. The Morgan fingerprint density at radius 1 is 1.47 bits per heavy atom. The quantitative estimate of drug-likeness (QED) is 0.785. The second kappa shape index (κ2) is 7.21. The van der Waals surface area contributed by atoms with Crippen molar-refractivity contribution in [1.29, 1.82) is 0 Å². The average Bonchev–Trinajstić information content (AvgIpc) is 2.29. The van der Waals surface area contributed by atoms with Crippen LogP contribution in [0.3, 0.4) is 0 Å².